The number of aryl methyl sites for hydroxylation is 2. The minimum Gasteiger partial charge on any atom is -0.489 e. The molecular formula is C25H24ClN3O2S. The van der Waals surface area contributed by atoms with Crippen molar-refractivity contribution >= 4 is 34.5 Å². The first-order valence-electron chi connectivity index (χ1n) is 10.2. The van der Waals surface area contributed by atoms with Crippen molar-refractivity contribution in [3.05, 3.63) is 98.0 Å². The second-order valence-electron chi connectivity index (χ2n) is 7.78. The number of anilines is 1. The van der Waals surface area contributed by atoms with Crippen molar-refractivity contribution in [3.8, 4) is 5.75 Å². The lowest BCUT2D eigenvalue weighted by molar-refractivity contribution is 0.103. The highest BCUT2D eigenvalue weighted by molar-refractivity contribution is 7.12. The molecule has 0 radical (unpaired) electrons. The first-order valence-corrected chi connectivity index (χ1v) is 11.5. The van der Waals surface area contributed by atoms with Gasteiger partial charge in [-0.1, -0.05) is 35.9 Å². The quantitative estimate of drug-likeness (QED) is 0.343. The van der Waals surface area contributed by atoms with Crippen LogP contribution in [0.4, 0.5) is 5.69 Å². The van der Waals surface area contributed by atoms with Gasteiger partial charge in [0.15, 0.2) is 0 Å². The van der Waals surface area contributed by atoms with E-state index in [0.29, 0.717) is 28.7 Å². The molecule has 0 bridgehead atoms. The first kappa shape index (κ1) is 22.1. The molecule has 2 aromatic heterocycles. The van der Waals surface area contributed by atoms with E-state index < -0.39 is 0 Å². The molecule has 32 heavy (non-hydrogen) atoms. The summed E-state index contributed by atoms with van der Waals surface area (Å²) in [5.41, 5.74) is 6.09. The van der Waals surface area contributed by atoms with Gasteiger partial charge in [-0.3, -0.25) is 9.48 Å². The molecule has 7 heteroatoms. The van der Waals surface area contributed by atoms with Gasteiger partial charge in [0.05, 0.1) is 23.3 Å². The Kier molecular flexibility index (Phi) is 6.63. The van der Waals surface area contributed by atoms with Crippen LogP contribution in [0.15, 0.2) is 60.2 Å². The maximum absolute atomic E-state index is 12.7. The fourth-order valence-electron chi connectivity index (χ4n) is 3.39. The zero-order valence-electron chi connectivity index (χ0n) is 18.2. The Hall–Kier alpha value is -3.09. The standard InChI is InChI=1S/C25H24ClN3O2S/c1-16-8-17(2)18(3)23(9-16)31-14-19-10-24(32-15-19)25(30)28-21-11-27-29(13-21)12-20-6-4-5-7-22(20)26/h4-11,13,15H,12,14H2,1-3H3,(H,28,30). The second kappa shape index (κ2) is 9.59. The van der Waals surface area contributed by atoms with Gasteiger partial charge < -0.3 is 10.1 Å². The van der Waals surface area contributed by atoms with Crippen molar-refractivity contribution in [2.75, 3.05) is 5.32 Å². The van der Waals surface area contributed by atoms with Crippen LogP contribution in [0.2, 0.25) is 5.02 Å². The smallest absolute Gasteiger partial charge is 0.265 e. The number of benzene rings is 2. The molecule has 0 aliphatic heterocycles. The number of hydrogen-bond acceptors (Lipinski definition) is 4. The number of nitrogens with one attached hydrogen (secondary N) is 1. The van der Waals surface area contributed by atoms with Crippen LogP contribution in [0.5, 0.6) is 5.75 Å². The van der Waals surface area contributed by atoms with Crippen LogP contribution in [-0.4, -0.2) is 15.7 Å². The van der Waals surface area contributed by atoms with E-state index in [4.69, 9.17) is 16.3 Å². The molecule has 2 aromatic carbocycles. The third-order valence-electron chi connectivity index (χ3n) is 5.22. The molecule has 0 unspecified atom stereocenters. The molecule has 164 valence electrons. The lowest BCUT2D eigenvalue weighted by Crippen LogP contribution is -2.09. The molecule has 0 atom stereocenters. The number of amides is 1. The van der Waals surface area contributed by atoms with E-state index in [1.165, 1.54) is 22.5 Å². The molecule has 0 fully saturated rings. The Morgan fingerprint density at radius 3 is 2.81 bits per heavy atom. The summed E-state index contributed by atoms with van der Waals surface area (Å²) in [5, 5.41) is 9.87. The highest BCUT2D eigenvalue weighted by Gasteiger charge is 2.12. The highest BCUT2D eigenvalue weighted by atomic mass is 35.5. The average molecular weight is 466 g/mol. The van der Waals surface area contributed by atoms with Gasteiger partial charge in [0.25, 0.3) is 5.91 Å². The molecule has 5 nitrogen and oxygen atoms in total. The Balaban J connectivity index is 1.36. The van der Waals surface area contributed by atoms with Gasteiger partial charge in [-0.15, -0.1) is 11.3 Å². The van der Waals surface area contributed by atoms with Gasteiger partial charge >= 0.3 is 0 Å². The topological polar surface area (TPSA) is 56.1 Å². The van der Waals surface area contributed by atoms with E-state index >= 15 is 0 Å². The van der Waals surface area contributed by atoms with Crippen LogP contribution >= 0.6 is 22.9 Å². The summed E-state index contributed by atoms with van der Waals surface area (Å²) >= 11 is 7.61. The monoisotopic (exact) mass is 465 g/mol. The number of rotatable bonds is 7. The number of carbonyl (C=O) groups is 1. The number of ether oxygens (including phenoxy) is 1. The Morgan fingerprint density at radius 2 is 2.00 bits per heavy atom. The summed E-state index contributed by atoms with van der Waals surface area (Å²) in [6.07, 6.45) is 3.43. The molecule has 0 saturated heterocycles. The van der Waals surface area contributed by atoms with Crippen molar-refractivity contribution in [3.63, 3.8) is 0 Å². The Morgan fingerprint density at radius 1 is 1.19 bits per heavy atom. The van der Waals surface area contributed by atoms with Crippen LogP contribution in [0.3, 0.4) is 0 Å². The normalized spacial score (nSPS) is 10.9. The van der Waals surface area contributed by atoms with E-state index in [9.17, 15) is 4.79 Å². The summed E-state index contributed by atoms with van der Waals surface area (Å²) < 4.78 is 7.76. The second-order valence-corrected chi connectivity index (χ2v) is 9.10. The molecule has 0 spiro atoms. The summed E-state index contributed by atoms with van der Waals surface area (Å²) in [5.74, 6) is 0.715. The van der Waals surface area contributed by atoms with Crippen LogP contribution in [0.25, 0.3) is 0 Å². The number of thiophene rings is 1. The predicted molar refractivity (Wildman–Crippen MR) is 130 cm³/mol. The fraction of sp³-hybridized carbons (Fsp3) is 0.200. The Bertz CT molecular complexity index is 1260. The molecule has 4 aromatic rings. The molecule has 1 amide bonds. The molecule has 4 rings (SSSR count). The van der Waals surface area contributed by atoms with Crippen molar-refractivity contribution in [1.82, 2.24) is 9.78 Å². The lowest BCUT2D eigenvalue weighted by atomic mass is 10.1. The highest BCUT2D eigenvalue weighted by Crippen LogP contribution is 2.25. The molecular weight excluding hydrogens is 442 g/mol. The zero-order valence-corrected chi connectivity index (χ0v) is 19.8. The van der Waals surface area contributed by atoms with Crippen LogP contribution in [0.1, 0.15) is 37.5 Å². The van der Waals surface area contributed by atoms with E-state index in [2.05, 4.69) is 37.3 Å². The average Bonchev–Trinajstić information content (AvgIpc) is 3.41. The number of carbonyl (C=O) groups excluding carboxylic acids is 1. The molecule has 2 heterocycles. The van der Waals surface area contributed by atoms with Gasteiger partial charge in [0, 0.05) is 16.8 Å². The van der Waals surface area contributed by atoms with E-state index in [0.717, 1.165) is 22.4 Å². The largest absolute Gasteiger partial charge is 0.489 e. The van der Waals surface area contributed by atoms with Crippen LogP contribution in [0, 0.1) is 20.8 Å². The lowest BCUT2D eigenvalue weighted by Gasteiger charge is -2.11. The maximum Gasteiger partial charge on any atom is 0.265 e. The van der Waals surface area contributed by atoms with Gasteiger partial charge in [-0.25, -0.2) is 0 Å². The fourth-order valence-corrected chi connectivity index (χ4v) is 4.38. The van der Waals surface area contributed by atoms with Crippen LogP contribution in [-0.2, 0) is 13.2 Å². The zero-order chi connectivity index (χ0) is 22.7. The Labute approximate surface area is 196 Å². The number of halogens is 1. The van der Waals surface area contributed by atoms with Gasteiger partial charge in [-0.2, -0.15) is 5.10 Å². The van der Waals surface area contributed by atoms with E-state index in [1.54, 1.807) is 17.1 Å². The minimum absolute atomic E-state index is 0.166. The van der Waals surface area contributed by atoms with Gasteiger partial charge in [0.2, 0.25) is 0 Å². The van der Waals surface area contributed by atoms with Crippen molar-refractivity contribution < 1.29 is 9.53 Å². The first-order chi connectivity index (χ1) is 15.4. The van der Waals surface area contributed by atoms with Gasteiger partial charge in [0.1, 0.15) is 12.4 Å². The van der Waals surface area contributed by atoms with Crippen LogP contribution < -0.4 is 10.1 Å². The SMILES string of the molecule is Cc1cc(C)c(C)c(OCc2csc(C(=O)Nc3cnn(Cc4ccccc4Cl)c3)c2)c1. The summed E-state index contributed by atoms with van der Waals surface area (Å²) in [6.45, 7) is 7.15. The molecule has 0 aliphatic rings. The van der Waals surface area contributed by atoms with E-state index in [1.807, 2.05) is 41.8 Å². The predicted octanol–water partition coefficient (Wildman–Crippen LogP) is 6.40. The van der Waals surface area contributed by atoms with Gasteiger partial charge in [-0.05, 0) is 66.6 Å². The number of aromatic nitrogens is 2. The third-order valence-corrected chi connectivity index (χ3v) is 6.56. The van der Waals surface area contributed by atoms with E-state index in [-0.39, 0.29) is 5.91 Å². The summed E-state index contributed by atoms with van der Waals surface area (Å²) in [6, 6.07) is 13.7. The van der Waals surface area contributed by atoms with Crippen molar-refractivity contribution in [1.29, 1.82) is 0 Å². The third kappa shape index (κ3) is 5.21. The van der Waals surface area contributed by atoms with Crippen molar-refractivity contribution in [2.45, 2.75) is 33.9 Å². The van der Waals surface area contributed by atoms with Crippen molar-refractivity contribution in [2.24, 2.45) is 0 Å². The maximum atomic E-state index is 12.7. The summed E-state index contributed by atoms with van der Waals surface area (Å²) in [7, 11) is 0. The molecule has 0 aliphatic carbocycles. The number of nitrogens with zero attached hydrogens (tertiary/aromatic N) is 2. The summed E-state index contributed by atoms with van der Waals surface area (Å²) in [4.78, 5) is 13.3. The molecule has 1 N–H and O–H groups in total. The number of hydrogen-bond donors (Lipinski definition) is 1. The minimum atomic E-state index is -0.166. The molecule has 0 saturated carbocycles.